The van der Waals surface area contributed by atoms with E-state index >= 15 is 0 Å². The molecule has 2 rings (SSSR count). The van der Waals surface area contributed by atoms with Crippen LogP contribution in [-0.2, 0) is 6.42 Å². The topological polar surface area (TPSA) is 51.0 Å². The van der Waals surface area contributed by atoms with Crippen molar-refractivity contribution >= 4 is 10.9 Å². The van der Waals surface area contributed by atoms with E-state index in [-0.39, 0.29) is 0 Å². The first-order valence-electron chi connectivity index (χ1n) is 5.11. The van der Waals surface area contributed by atoms with Gasteiger partial charge in [0.05, 0.1) is 12.6 Å². The van der Waals surface area contributed by atoms with Gasteiger partial charge in [0.15, 0.2) is 0 Å². The molecule has 0 aliphatic carbocycles. The number of nitrogens with two attached hydrogens (primary N) is 1. The van der Waals surface area contributed by atoms with Crippen molar-refractivity contribution in [1.82, 2.24) is 4.98 Å². The van der Waals surface area contributed by atoms with Crippen LogP contribution in [-0.4, -0.2) is 18.6 Å². The van der Waals surface area contributed by atoms with Gasteiger partial charge < -0.3 is 15.5 Å². The summed E-state index contributed by atoms with van der Waals surface area (Å²) in [6.45, 7) is 2.78. The average Bonchev–Trinajstić information content (AvgIpc) is 2.64. The SMILES string of the molecule is COc1ccc(C)c2c(CCN)c[nH]c12. The van der Waals surface area contributed by atoms with Crippen LogP contribution in [0.5, 0.6) is 5.75 Å². The number of aromatic amines is 1. The van der Waals surface area contributed by atoms with Crippen LogP contribution in [0.3, 0.4) is 0 Å². The second kappa shape index (κ2) is 3.95. The summed E-state index contributed by atoms with van der Waals surface area (Å²) in [7, 11) is 1.69. The number of nitrogens with one attached hydrogen (secondary N) is 1. The number of benzene rings is 1. The first-order chi connectivity index (χ1) is 7.27. The normalized spacial score (nSPS) is 10.9. The largest absolute Gasteiger partial charge is 0.495 e. The van der Waals surface area contributed by atoms with Crippen molar-refractivity contribution in [3.8, 4) is 5.75 Å². The van der Waals surface area contributed by atoms with Crippen molar-refractivity contribution < 1.29 is 4.74 Å². The van der Waals surface area contributed by atoms with Crippen molar-refractivity contribution in [2.45, 2.75) is 13.3 Å². The lowest BCUT2D eigenvalue weighted by atomic mass is 10.1. The molecule has 3 nitrogen and oxygen atoms in total. The van der Waals surface area contributed by atoms with E-state index in [4.69, 9.17) is 10.5 Å². The van der Waals surface area contributed by atoms with Gasteiger partial charge in [0, 0.05) is 11.6 Å². The molecule has 0 amide bonds. The average molecular weight is 204 g/mol. The van der Waals surface area contributed by atoms with Crippen LogP contribution in [0.15, 0.2) is 18.3 Å². The molecule has 0 aliphatic rings. The molecule has 3 heteroatoms. The highest BCUT2D eigenvalue weighted by Crippen LogP contribution is 2.30. The number of hydrogen-bond donors (Lipinski definition) is 2. The van der Waals surface area contributed by atoms with Gasteiger partial charge in [0.1, 0.15) is 5.75 Å². The van der Waals surface area contributed by atoms with Crippen LogP contribution in [0.25, 0.3) is 10.9 Å². The first-order valence-corrected chi connectivity index (χ1v) is 5.11. The van der Waals surface area contributed by atoms with Gasteiger partial charge in [-0.15, -0.1) is 0 Å². The second-order valence-electron chi connectivity index (χ2n) is 3.69. The standard InChI is InChI=1S/C12H16N2O/c1-8-3-4-10(15-2)12-11(8)9(5-6-13)7-14-12/h3-4,7,14H,5-6,13H2,1-2H3. The molecule has 0 unspecified atom stereocenters. The van der Waals surface area contributed by atoms with Crippen LogP contribution in [0.2, 0.25) is 0 Å². The molecule has 0 saturated carbocycles. The summed E-state index contributed by atoms with van der Waals surface area (Å²) in [6.07, 6.45) is 2.92. The molecule has 1 aromatic carbocycles. The van der Waals surface area contributed by atoms with Gasteiger partial charge in [-0.3, -0.25) is 0 Å². The quantitative estimate of drug-likeness (QED) is 0.803. The van der Waals surface area contributed by atoms with E-state index in [1.807, 2.05) is 12.3 Å². The minimum atomic E-state index is 0.670. The van der Waals surface area contributed by atoms with E-state index in [9.17, 15) is 0 Å². The summed E-state index contributed by atoms with van der Waals surface area (Å²) in [5.41, 5.74) is 9.18. The fraction of sp³-hybridized carbons (Fsp3) is 0.333. The molecule has 0 atom stereocenters. The number of aryl methyl sites for hydroxylation is 1. The molecule has 0 radical (unpaired) electrons. The Hall–Kier alpha value is -1.48. The van der Waals surface area contributed by atoms with Gasteiger partial charge in [-0.1, -0.05) is 6.07 Å². The molecule has 15 heavy (non-hydrogen) atoms. The molecule has 0 saturated heterocycles. The lowest BCUT2D eigenvalue weighted by Crippen LogP contribution is -2.02. The van der Waals surface area contributed by atoms with Gasteiger partial charge in [-0.2, -0.15) is 0 Å². The number of methoxy groups -OCH3 is 1. The van der Waals surface area contributed by atoms with E-state index in [1.54, 1.807) is 7.11 Å². The Morgan fingerprint density at radius 3 is 2.87 bits per heavy atom. The van der Waals surface area contributed by atoms with Gasteiger partial charge in [0.25, 0.3) is 0 Å². The molecule has 0 spiro atoms. The Morgan fingerprint density at radius 2 is 2.20 bits per heavy atom. The van der Waals surface area contributed by atoms with E-state index < -0.39 is 0 Å². The summed E-state index contributed by atoms with van der Waals surface area (Å²) in [5.74, 6) is 0.888. The lowest BCUT2D eigenvalue weighted by Gasteiger charge is -2.05. The third-order valence-electron chi connectivity index (χ3n) is 2.72. The molecule has 1 heterocycles. The first kappa shape index (κ1) is 10.1. The minimum absolute atomic E-state index is 0.670. The summed E-state index contributed by atoms with van der Waals surface area (Å²) < 4.78 is 5.31. The van der Waals surface area contributed by atoms with E-state index in [0.717, 1.165) is 17.7 Å². The predicted octanol–water partition coefficient (Wildman–Crippen LogP) is 1.99. The molecule has 2 aromatic rings. The molecule has 0 fully saturated rings. The van der Waals surface area contributed by atoms with Gasteiger partial charge in [-0.05, 0) is 37.1 Å². The van der Waals surface area contributed by atoms with Gasteiger partial charge >= 0.3 is 0 Å². The number of fused-ring (bicyclic) bond motifs is 1. The van der Waals surface area contributed by atoms with Crippen molar-refractivity contribution in [3.05, 3.63) is 29.5 Å². The van der Waals surface area contributed by atoms with Crippen LogP contribution in [0, 0.1) is 6.92 Å². The molecule has 1 aromatic heterocycles. The van der Waals surface area contributed by atoms with E-state index in [2.05, 4.69) is 18.0 Å². The van der Waals surface area contributed by atoms with Gasteiger partial charge in [-0.25, -0.2) is 0 Å². The number of aromatic nitrogens is 1. The Balaban J connectivity index is 2.67. The van der Waals surface area contributed by atoms with Crippen LogP contribution < -0.4 is 10.5 Å². The molecule has 0 bridgehead atoms. The maximum absolute atomic E-state index is 5.59. The van der Waals surface area contributed by atoms with Crippen molar-refractivity contribution in [1.29, 1.82) is 0 Å². The zero-order valence-corrected chi connectivity index (χ0v) is 9.13. The minimum Gasteiger partial charge on any atom is -0.495 e. The Labute approximate surface area is 89.2 Å². The Morgan fingerprint density at radius 1 is 1.40 bits per heavy atom. The number of hydrogen-bond acceptors (Lipinski definition) is 2. The fourth-order valence-corrected chi connectivity index (χ4v) is 2.00. The zero-order chi connectivity index (χ0) is 10.8. The zero-order valence-electron chi connectivity index (χ0n) is 9.13. The summed E-state index contributed by atoms with van der Waals surface area (Å²) in [4.78, 5) is 3.25. The Bertz CT molecular complexity index is 474. The second-order valence-corrected chi connectivity index (χ2v) is 3.69. The number of ether oxygens (including phenoxy) is 1. The van der Waals surface area contributed by atoms with Crippen LogP contribution >= 0.6 is 0 Å². The number of rotatable bonds is 3. The fourth-order valence-electron chi connectivity index (χ4n) is 2.00. The monoisotopic (exact) mass is 204 g/mol. The maximum atomic E-state index is 5.59. The van der Waals surface area contributed by atoms with Crippen molar-refractivity contribution in [3.63, 3.8) is 0 Å². The predicted molar refractivity (Wildman–Crippen MR) is 62.3 cm³/mol. The van der Waals surface area contributed by atoms with Crippen molar-refractivity contribution in [2.24, 2.45) is 5.73 Å². The van der Waals surface area contributed by atoms with Crippen LogP contribution in [0.4, 0.5) is 0 Å². The summed E-state index contributed by atoms with van der Waals surface area (Å²) in [6, 6.07) is 4.06. The smallest absolute Gasteiger partial charge is 0.142 e. The highest BCUT2D eigenvalue weighted by molar-refractivity contribution is 5.91. The lowest BCUT2D eigenvalue weighted by molar-refractivity contribution is 0.419. The molecule has 3 N–H and O–H groups in total. The molecular formula is C12H16N2O. The third kappa shape index (κ3) is 1.59. The maximum Gasteiger partial charge on any atom is 0.142 e. The number of H-pyrrole nitrogens is 1. The molecular weight excluding hydrogens is 188 g/mol. The van der Waals surface area contributed by atoms with E-state index in [0.29, 0.717) is 6.54 Å². The van der Waals surface area contributed by atoms with E-state index in [1.165, 1.54) is 16.5 Å². The third-order valence-corrected chi connectivity index (χ3v) is 2.72. The molecule has 80 valence electrons. The summed E-state index contributed by atoms with van der Waals surface area (Å²) in [5, 5.41) is 1.25. The van der Waals surface area contributed by atoms with Crippen molar-refractivity contribution in [2.75, 3.05) is 13.7 Å². The highest BCUT2D eigenvalue weighted by Gasteiger charge is 2.09. The Kier molecular flexibility index (Phi) is 2.64. The highest BCUT2D eigenvalue weighted by atomic mass is 16.5. The summed E-state index contributed by atoms with van der Waals surface area (Å²) >= 11 is 0. The van der Waals surface area contributed by atoms with Gasteiger partial charge in [0.2, 0.25) is 0 Å². The molecule has 0 aliphatic heterocycles. The van der Waals surface area contributed by atoms with Crippen LogP contribution in [0.1, 0.15) is 11.1 Å².